The highest BCUT2D eigenvalue weighted by Gasteiger charge is 2.27. The van der Waals surface area contributed by atoms with E-state index >= 15 is 0 Å². The Balaban J connectivity index is 2.09. The number of hydrogen-bond donors (Lipinski definition) is 2. The Morgan fingerprint density at radius 3 is 2.76 bits per heavy atom. The van der Waals surface area contributed by atoms with E-state index in [1.807, 2.05) is 0 Å². The maximum Gasteiger partial charge on any atom is 0.131 e. The maximum atomic E-state index is 13.6. The van der Waals surface area contributed by atoms with Gasteiger partial charge in [-0.2, -0.15) is 0 Å². The van der Waals surface area contributed by atoms with Gasteiger partial charge in [0.05, 0.1) is 6.10 Å². The number of hydrogen-bond acceptors (Lipinski definition) is 3. The molecule has 0 aliphatic heterocycles. The highest BCUT2D eigenvalue weighted by molar-refractivity contribution is 5.30. The van der Waals surface area contributed by atoms with Gasteiger partial charge in [-0.3, -0.25) is 0 Å². The Kier molecular flexibility index (Phi) is 3.64. The Labute approximate surface area is 100 Å². The second-order valence-electron chi connectivity index (χ2n) is 4.63. The summed E-state index contributed by atoms with van der Waals surface area (Å²) in [5.74, 6) is 0.0998. The van der Waals surface area contributed by atoms with Crippen LogP contribution in [0.3, 0.4) is 0 Å². The summed E-state index contributed by atoms with van der Waals surface area (Å²) in [6.45, 7) is 1.74. The molecular weight excluding hydrogens is 221 g/mol. The molecule has 0 saturated heterocycles. The third kappa shape index (κ3) is 2.76. The number of aliphatic hydroxyl groups excluding tert-OH is 1. The molecular formula is C13H18FNO2. The SMILES string of the molecule is C[C@@H](N)c1ccc(OC2CCCC2O)cc1F. The van der Waals surface area contributed by atoms with Gasteiger partial charge in [-0.25, -0.2) is 4.39 Å². The summed E-state index contributed by atoms with van der Waals surface area (Å²) in [5.41, 5.74) is 6.11. The lowest BCUT2D eigenvalue weighted by Crippen LogP contribution is -2.25. The molecule has 0 amide bonds. The molecule has 3 atom stereocenters. The zero-order chi connectivity index (χ0) is 12.4. The van der Waals surface area contributed by atoms with Crippen LogP contribution in [0.5, 0.6) is 5.75 Å². The molecule has 1 saturated carbocycles. The van der Waals surface area contributed by atoms with E-state index in [0.717, 1.165) is 19.3 Å². The molecule has 2 rings (SSSR count). The molecule has 0 aromatic heterocycles. The molecule has 94 valence electrons. The van der Waals surface area contributed by atoms with Gasteiger partial charge in [-0.1, -0.05) is 6.07 Å². The molecule has 1 aliphatic rings. The fraction of sp³-hybridized carbons (Fsp3) is 0.538. The smallest absolute Gasteiger partial charge is 0.131 e. The first kappa shape index (κ1) is 12.3. The topological polar surface area (TPSA) is 55.5 Å². The van der Waals surface area contributed by atoms with Gasteiger partial charge < -0.3 is 15.6 Å². The highest BCUT2D eigenvalue weighted by atomic mass is 19.1. The molecule has 1 aromatic rings. The molecule has 1 aliphatic carbocycles. The maximum absolute atomic E-state index is 13.6. The van der Waals surface area contributed by atoms with E-state index in [4.69, 9.17) is 10.5 Å². The van der Waals surface area contributed by atoms with Gasteiger partial charge in [0.25, 0.3) is 0 Å². The Hall–Kier alpha value is -1.13. The summed E-state index contributed by atoms with van der Waals surface area (Å²) in [7, 11) is 0. The number of ether oxygens (including phenoxy) is 1. The molecule has 0 heterocycles. The van der Waals surface area contributed by atoms with E-state index in [1.54, 1.807) is 19.1 Å². The first-order valence-corrected chi connectivity index (χ1v) is 5.97. The van der Waals surface area contributed by atoms with Gasteiger partial charge in [-0.05, 0) is 32.3 Å². The van der Waals surface area contributed by atoms with Crippen LogP contribution in [0.2, 0.25) is 0 Å². The van der Waals surface area contributed by atoms with Crippen LogP contribution in [0.15, 0.2) is 18.2 Å². The van der Waals surface area contributed by atoms with Gasteiger partial charge in [0.2, 0.25) is 0 Å². The summed E-state index contributed by atoms with van der Waals surface area (Å²) < 4.78 is 19.2. The number of halogens is 1. The quantitative estimate of drug-likeness (QED) is 0.849. The number of aliphatic hydroxyl groups is 1. The summed E-state index contributed by atoms with van der Waals surface area (Å²) in [6.07, 6.45) is 1.87. The standard InChI is InChI=1S/C13H18FNO2/c1-8(15)10-6-5-9(7-11(10)14)17-13-4-2-3-12(13)16/h5-8,12-13,16H,2-4,15H2,1H3/t8-,12?,13?/m1/s1. The predicted octanol–water partition coefficient (Wildman–Crippen LogP) is 2.14. The van der Waals surface area contributed by atoms with Gasteiger partial charge >= 0.3 is 0 Å². The summed E-state index contributed by atoms with van der Waals surface area (Å²) in [6, 6.07) is 4.34. The van der Waals surface area contributed by atoms with Crippen molar-refractivity contribution in [2.45, 2.75) is 44.4 Å². The van der Waals surface area contributed by atoms with Crippen LogP contribution < -0.4 is 10.5 Å². The van der Waals surface area contributed by atoms with E-state index in [2.05, 4.69) is 0 Å². The van der Waals surface area contributed by atoms with Crippen LogP contribution in [0.25, 0.3) is 0 Å². The fourth-order valence-corrected chi connectivity index (χ4v) is 2.17. The van der Waals surface area contributed by atoms with Crippen molar-refractivity contribution in [3.8, 4) is 5.75 Å². The van der Waals surface area contributed by atoms with E-state index in [-0.39, 0.29) is 18.0 Å². The lowest BCUT2D eigenvalue weighted by molar-refractivity contribution is 0.0602. The molecule has 0 radical (unpaired) electrons. The minimum absolute atomic E-state index is 0.212. The molecule has 3 N–H and O–H groups in total. The van der Waals surface area contributed by atoms with Crippen molar-refractivity contribution in [1.82, 2.24) is 0 Å². The second kappa shape index (κ2) is 5.02. The van der Waals surface area contributed by atoms with Crippen molar-refractivity contribution in [2.24, 2.45) is 5.73 Å². The van der Waals surface area contributed by atoms with Crippen molar-refractivity contribution >= 4 is 0 Å². The Bertz CT molecular complexity index is 395. The zero-order valence-electron chi connectivity index (χ0n) is 9.90. The molecule has 3 nitrogen and oxygen atoms in total. The summed E-state index contributed by atoms with van der Waals surface area (Å²) in [4.78, 5) is 0. The number of nitrogens with two attached hydrogens (primary N) is 1. The number of benzene rings is 1. The minimum Gasteiger partial charge on any atom is -0.488 e. The third-order valence-electron chi connectivity index (χ3n) is 3.17. The van der Waals surface area contributed by atoms with Crippen LogP contribution >= 0.6 is 0 Å². The van der Waals surface area contributed by atoms with Crippen molar-refractivity contribution in [3.05, 3.63) is 29.6 Å². The van der Waals surface area contributed by atoms with Crippen LogP contribution in [0, 0.1) is 5.82 Å². The van der Waals surface area contributed by atoms with Crippen molar-refractivity contribution in [2.75, 3.05) is 0 Å². The molecule has 4 heteroatoms. The van der Waals surface area contributed by atoms with Gasteiger partial charge in [-0.15, -0.1) is 0 Å². The molecule has 2 unspecified atom stereocenters. The molecule has 0 spiro atoms. The normalized spacial score (nSPS) is 25.9. The van der Waals surface area contributed by atoms with Gasteiger partial charge in [0.1, 0.15) is 17.7 Å². The van der Waals surface area contributed by atoms with E-state index in [0.29, 0.717) is 11.3 Å². The predicted molar refractivity (Wildman–Crippen MR) is 63.3 cm³/mol. The van der Waals surface area contributed by atoms with Gasteiger partial charge in [0, 0.05) is 17.7 Å². The molecule has 1 fully saturated rings. The van der Waals surface area contributed by atoms with Crippen LogP contribution in [0.1, 0.15) is 37.8 Å². The van der Waals surface area contributed by atoms with Gasteiger partial charge in [0.15, 0.2) is 0 Å². The van der Waals surface area contributed by atoms with Crippen LogP contribution in [-0.2, 0) is 0 Å². The second-order valence-corrected chi connectivity index (χ2v) is 4.63. The average molecular weight is 239 g/mol. The molecule has 17 heavy (non-hydrogen) atoms. The van der Waals surface area contributed by atoms with Crippen LogP contribution in [0.4, 0.5) is 4.39 Å². The van der Waals surface area contributed by atoms with Crippen molar-refractivity contribution < 1.29 is 14.2 Å². The summed E-state index contributed by atoms with van der Waals surface area (Å²) >= 11 is 0. The molecule has 0 bridgehead atoms. The van der Waals surface area contributed by atoms with E-state index in [9.17, 15) is 9.50 Å². The highest BCUT2D eigenvalue weighted by Crippen LogP contribution is 2.26. The van der Waals surface area contributed by atoms with Crippen molar-refractivity contribution in [1.29, 1.82) is 0 Å². The van der Waals surface area contributed by atoms with Crippen molar-refractivity contribution in [3.63, 3.8) is 0 Å². The Morgan fingerprint density at radius 1 is 1.47 bits per heavy atom. The van der Waals surface area contributed by atoms with E-state index < -0.39 is 6.10 Å². The minimum atomic E-state index is -0.439. The summed E-state index contributed by atoms with van der Waals surface area (Å²) in [5, 5.41) is 9.62. The third-order valence-corrected chi connectivity index (χ3v) is 3.17. The fourth-order valence-electron chi connectivity index (χ4n) is 2.17. The largest absolute Gasteiger partial charge is 0.488 e. The zero-order valence-corrected chi connectivity index (χ0v) is 9.90. The first-order valence-electron chi connectivity index (χ1n) is 5.97. The first-order chi connectivity index (χ1) is 8.08. The lowest BCUT2D eigenvalue weighted by atomic mass is 10.1. The average Bonchev–Trinajstić information content (AvgIpc) is 2.64. The van der Waals surface area contributed by atoms with E-state index in [1.165, 1.54) is 6.07 Å². The Morgan fingerprint density at radius 2 is 2.24 bits per heavy atom. The number of rotatable bonds is 3. The monoisotopic (exact) mass is 239 g/mol. The molecule has 1 aromatic carbocycles. The van der Waals surface area contributed by atoms with Crippen LogP contribution in [-0.4, -0.2) is 17.3 Å². The lowest BCUT2D eigenvalue weighted by Gasteiger charge is -2.18.